The summed E-state index contributed by atoms with van der Waals surface area (Å²) in [6, 6.07) is 0.530. The van der Waals surface area contributed by atoms with Crippen LogP contribution in [-0.4, -0.2) is 15.8 Å². The average molecular weight is 264 g/mol. The Kier molecular flexibility index (Phi) is 4.07. The van der Waals surface area contributed by atoms with Crippen LogP contribution in [0.15, 0.2) is 0 Å². The van der Waals surface area contributed by atoms with Gasteiger partial charge in [0.2, 0.25) is 0 Å². The van der Waals surface area contributed by atoms with E-state index in [9.17, 15) is 0 Å². The quantitative estimate of drug-likeness (QED) is 0.876. The third-order valence-electron chi connectivity index (χ3n) is 4.73. The zero-order valence-corrected chi connectivity index (χ0v) is 12.9. The van der Waals surface area contributed by atoms with E-state index in [4.69, 9.17) is 5.73 Å². The van der Waals surface area contributed by atoms with Gasteiger partial charge < -0.3 is 11.1 Å². The topological polar surface area (TPSA) is 55.9 Å². The smallest absolute Gasteiger partial charge is 0.148 e. The minimum Gasteiger partial charge on any atom is -0.394 e. The molecule has 1 saturated carbocycles. The first-order valence-corrected chi connectivity index (χ1v) is 7.54. The van der Waals surface area contributed by atoms with Gasteiger partial charge in [-0.15, -0.1) is 0 Å². The molecule has 0 bridgehead atoms. The number of rotatable bonds is 4. The van der Waals surface area contributed by atoms with Gasteiger partial charge in [-0.25, -0.2) is 0 Å². The van der Waals surface area contributed by atoms with Gasteiger partial charge in [-0.2, -0.15) is 5.10 Å². The molecule has 1 aromatic heterocycles. The number of nitrogens with one attached hydrogen (secondary N) is 1. The van der Waals surface area contributed by atoms with E-state index in [1.807, 2.05) is 11.7 Å². The molecule has 0 spiro atoms. The second-order valence-electron chi connectivity index (χ2n) is 6.28. The highest BCUT2D eigenvalue weighted by atomic mass is 15.3. The monoisotopic (exact) mass is 264 g/mol. The maximum Gasteiger partial charge on any atom is 0.148 e. The Balaban J connectivity index is 2.16. The lowest BCUT2D eigenvalue weighted by Crippen LogP contribution is -2.26. The first-order valence-electron chi connectivity index (χ1n) is 7.54. The van der Waals surface area contributed by atoms with Gasteiger partial charge in [0.15, 0.2) is 0 Å². The minimum atomic E-state index is 0.367. The lowest BCUT2D eigenvalue weighted by atomic mass is 9.93. The fraction of sp³-hybridized carbons (Fsp3) is 0.800. The number of anilines is 2. The Hall–Kier alpha value is -1.19. The molecule has 19 heavy (non-hydrogen) atoms. The molecule has 1 aliphatic rings. The molecule has 0 radical (unpaired) electrons. The summed E-state index contributed by atoms with van der Waals surface area (Å²) in [7, 11) is 1.97. The van der Waals surface area contributed by atoms with E-state index in [0.29, 0.717) is 17.9 Å². The number of nitrogens with two attached hydrogens (primary N) is 1. The predicted octanol–water partition coefficient (Wildman–Crippen LogP) is 3.36. The molecule has 3 unspecified atom stereocenters. The van der Waals surface area contributed by atoms with Crippen LogP contribution in [0.4, 0.5) is 11.5 Å². The SMILES string of the molecule is CCC1CCC(Nc2c(N)c(C(C)C)nn2C)C1C. The van der Waals surface area contributed by atoms with Crippen molar-refractivity contribution in [2.45, 2.75) is 58.9 Å². The summed E-state index contributed by atoms with van der Waals surface area (Å²) >= 11 is 0. The van der Waals surface area contributed by atoms with Gasteiger partial charge in [0.1, 0.15) is 5.82 Å². The number of hydrogen-bond acceptors (Lipinski definition) is 3. The van der Waals surface area contributed by atoms with E-state index >= 15 is 0 Å². The minimum absolute atomic E-state index is 0.367. The van der Waals surface area contributed by atoms with Crippen molar-refractivity contribution in [3.63, 3.8) is 0 Å². The Morgan fingerprint density at radius 1 is 1.42 bits per heavy atom. The van der Waals surface area contributed by atoms with E-state index in [1.54, 1.807) is 0 Å². The van der Waals surface area contributed by atoms with Crippen LogP contribution in [0.5, 0.6) is 0 Å². The summed E-state index contributed by atoms with van der Waals surface area (Å²) < 4.78 is 1.90. The standard InChI is InChI=1S/C15H28N4/c1-6-11-7-8-12(10(11)4)17-15-13(16)14(9(2)3)18-19(15)5/h9-12,17H,6-8,16H2,1-5H3. The number of nitrogens with zero attached hydrogens (tertiary/aromatic N) is 2. The Labute approximate surface area is 116 Å². The van der Waals surface area contributed by atoms with Gasteiger partial charge in [-0.1, -0.05) is 34.1 Å². The number of hydrogen-bond donors (Lipinski definition) is 2. The van der Waals surface area contributed by atoms with Gasteiger partial charge in [0, 0.05) is 13.1 Å². The van der Waals surface area contributed by atoms with Crippen molar-refractivity contribution in [3.05, 3.63) is 5.69 Å². The molecule has 3 atom stereocenters. The normalized spacial score (nSPS) is 27.2. The van der Waals surface area contributed by atoms with Crippen LogP contribution in [0.3, 0.4) is 0 Å². The first-order chi connectivity index (χ1) is 8.95. The Morgan fingerprint density at radius 2 is 2.11 bits per heavy atom. The van der Waals surface area contributed by atoms with Crippen LogP contribution < -0.4 is 11.1 Å². The maximum atomic E-state index is 6.25. The summed E-state index contributed by atoms with van der Waals surface area (Å²) in [5.74, 6) is 2.92. The third kappa shape index (κ3) is 2.58. The summed E-state index contributed by atoms with van der Waals surface area (Å²) in [4.78, 5) is 0. The summed E-state index contributed by atoms with van der Waals surface area (Å²) in [5, 5.41) is 8.19. The van der Waals surface area contributed by atoms with Crippen LogP contribution in [0.1, 0.15) is 58.6 Å². The highest BCUT2D eigenvalue weighted by Gasteiger charge is 2.32. The Morgan fingerprint density at radius 3 is 2.58 bits per heavy atom. The van der Waals surface area contributed by atoms with Crippen LogP contribution >= 0.6 is 0 Å². The molecular weight excluding hydrogens is 236 g/mol. The van der Waals surface area contributed by atoms with Gasteiger partial charge in [-0.3, -0.25) is 4.68 Å². The highest BCUT2D eigenvalue weighted by Crippen LogP contribution is 2.37. The zero-order valence-electron chi connectivity index (χ0n) is 12.9. The van der Waals surface area contributed by atoms with Crippen molar-refractivity contribution in [1.29, 1.82) is 0 Å². The van der Waals surface area contributed by atoms with Gasteiger partial charge in [-0.05, 0) is 30.6 Å². The lowest BCUT2D eigenvalue weighted by Gasteiger charge is -2.22. The molecule has 0 saturated heterocycles. The summed E-state index contributed by atoms with van der Waals surface area (Å²) in [5.41, 5.74) is 8.08. The largest absolute Gasteiger partial charge is 0.394 e. The van der Waals surface area contributed by atoms with Crippen LogP contribution in [0.25, 0.3) is 0 Å². The molecule has 0 amide bonds. The van der Waals surface area contributed by atoms with Crippen molar-refractivity contribution in [2.75, 3.05) is 11.1 Å². The second-order valence-corrected chi connectivity index (χ2v) is 6.28. The average Bonchev–Trinajstić information content (AvgIpc) is 2.85. The molecule has 1 heterocycles. The van der Waals surface area contributed by atoms with E-state index in [0.717, 1.165) is 23.1 Å². The zero-order chi connectivity index (χ0) is 14.2. The second kappa shape index (κ2) is 5.43. The number of aryl methyl sites for hydroxylation is 1. The van der Waals surface area contributed by atoms with Crippen molar-refractivity contribution in [2.24, 2.45) is 18.9 Å². The van der Waals surface area contributed by atoms with Gasteiger partial charge in [0.05, 0.1) is 11.4 Å². The van der Waals surface area contributed by atoms with E-state index in [1.165, 1.54) is 19.3 Å². The molecule has 1 fully saturated rings. The number of nitrogen functional groups attached to an aromatic ring is 1. The molecule has 2 rings (SSSR count). The van der Waals surface area contributed by atoms with Crippen molar-refractivity contribution >= 4 is 11.5 Å². The summed E-state index contributed by atoms with van der Waals surface area (Å²) in [6.45, 7) is 8.91. The van der Waals surface area contributed by atoms with Crippen molar-refractivity contribution in [1.82, 2.24) is 9.78 Å². The fourth-order valence-corrected chi connectivity index (χ4v) is 3.36. The van der Waals surface area contributed by atoms with Crippen LogP contribution in [0, 0.1) is 11.8 Å². The lowest BCUT2D eigenvalue weighted by molar-refractivity contribution is 0.391. The molecule has 3 N–H and O–H groups in total. The molecule has 0 aliphatic heterocycles. The van der Waals surface area contributed by atoms with Gasteiger partial charge in [0.25, 0.3) is 0 Å². The van der Waals surface area contributed by atoms with Crippen LogP contribution in [0.2, 0.25) is 0 Å². The van der Waals surface area contributed by atoms with E-state index in [-0.39, 0.29) is 0 Å². The van der Waals surface area contributed by atoms with Crippen LogP contribution in [-0.2, 0) is 7.05 Å². The predicted molar refractivity (Wildman–Crippen MR) is 81.3 cm³/mol. The number of aromatic nitrogens is 2. The third-order valence-corrected chi connectivity index (χ3v) is 4.73. The first kappa shape index (κ1) is 14.2. The van der Waals surface area contributed by atoms with E-state index < -0.39 is 0 Å². The molecule has 1 aliphatic carbocycles. The highest BCUT2D eigenvalue weighted by molar-refractivity contribution is 5.66. The molecule has 4 nitrogen and oxygen atoms in total. The van der Waals surface area contributed by atoms with Crippen molar-refractivity contribution in [3.8, 4) is 0 Å². The van der Waals surface area contributed by atoms with E-state index in [2.05, 4.69) is 38.1 Å². The molecule has 108 valence electrons. The fourth-order valence-electron chi connectivity index (χ4n) is 3.36. The summed E-state index contributed by atoms with van der Waals surface area (Å²) in [6.07, 6.45) is 3.84. The van der Waals surface area contributed by atoms with Crippen molar-refractivity contribution < 1.29 is 0 Å². The Bertz CT molecular complexity index is 436. The maximum absolute atomic E-state index is 6.25. The molecular formula is C15H28N4. The van der Waals surface area contributed by atoms with Gasteiger partial charge >= 0.3 is 0 Å². The molecule has 0 aromatic carbocycles. The molecule has 4 heteroatoms. The molecule has 1 aromatic rings.